The van der Waals surface area contributed by atoms with E-state index in [9.17, 15) is 13.2 Å². The van der Waals surface area contributed by atoms with Crippen molar-refractivity contribution in [3.05, 3.63) is 15.8 Å². The summed E-state index contributed by atoms with van der Waals surface area (Å²) < 4.78 is 27.3. The molecule has 1 fully saturated rings. The van der Waals surface area contributed by atoms with Gasteiger partial charge in [0.15, 0.2) is 0 Å². The summed E-state index contributed by atoms with van der Waals surface area (Å²) in [7, 11) is -3.75. The van der Waals surface area contributed by atoms with Crippen LogP contribution in [0.15, 0.2) is 10.3 Å². The number of carbonyl (C=O) groups is 1. The van der Waals surface area contributed by atoms with Gasteiger partial charge in [0.05, 0.1) is 0 Å². The van der Waals surface area contributed by atoms with E-state index < -0.39 is 16.0 Å². The first-order valence-electron chi connectivity index (χ1n) is 5.83. The number of hydrogen-bond donors (Lipinski definition) is 2. The van der Waals surface area contributed by atoms with Crippen molar-refractivity contribution >= 4 is 39.1 Å². The van der Waals surface area contributed by atoms with Crippen LogP contribution < -0.4 is 4.72 Å². The van der Waals surface area contributed by atoms with Gasteiger partial charge in [-0.25, -0.2) is 17.9 Å². The Kier molecular flexibility index (Phi) is 4.54. The maximum absolute atomic E-state index is 12.3. The fraction of sp³-hybridized carbons (Fsp3) is 0.545. The zero-order chi connectivity index (χ0) is 14.0. The topological polar surface area (TPSA) is 83.5 Å². The van der Waals surface area contributed by atoms with Crippen LogP contribution in [0.1, 0.15) is 28.1 Å². The number of hydrogen-bond acceptors (Lipinski definition) is 5. The van der Waals surface area contributed by atoms with Gasteiger partial charge in [-0.3, -0.25) is 0 Å². The lowest BCUT2D eigenvalue weighted by molar-refractivity contribution is 0.0698. The third-order valence-electron chi connectivity index (χ3n) is 2.92. The second-order valence-electron chi connectivity index (χ2n) is 4.39. The van der Waals surface area contributed by atoms with E-state index in [1.54, 1.807) is 24.1 Å². The van der Waals surface area contributed by atoms with E-state index in [0.717, 1.165) is 35.7 Å². The minimum Gasteiger partial charge on any atom is -0.477 e. The molecule has 1 saturated heterocycles. The Bertz CT molecular complexity index is 573. The number of thiophene rings is 1. The summed E-state index contributed by atoms with van der Waals surface area (Å²) in [4.78, 5) is 10.9. The van der Waals surface area contributed by atoms with Crippen molar-refractivity contribution in [1.29, 1.82) is 0 Å². The van der Waals surface area contributed by atoms with E-state index in [0.29, 0.717) is 5.56 Å². The van der Waals surface area contributed by atoms with Crippen LogP contribution in [0, 0.1) is 6.92 Å². The highest BCUT2D eigenvalue weighted by molar-refractivity contribution is 7.99. The number of rotatable bonds is 4. The highest BCUT2D eigenvalue weighted by Gasteiger charge is 2.29. The van der Waals surface area contributed by atoms with Crippen LogP contribution in [0.5, 0.6) is 0 Å². The highest BCUT2D eigenvalue weighted by Crippen LogP contribution is 2.28. The molecule has 0 spiro atoms. The summed E-state index contributed by atoms with van der Waals surface area (Å²) in [5.74, 6) is 0.668. The number of aryl methyl sites for hydroxylation is 1. The molecule has 2 rings (SSSR count). The van der Waals surface area contributed by atoms with E-state index in [4.69, 9.17) is 5.11 Å². The van der Waals surface area contributed by atoms with E-state index in [-0.39, 0.29) is 15.8 Å². The van der Waals surface area contributed by atoms with Gasteiger partial charge in [0.25, 0.3) is 0 Å². The number of nitrogens with one attached hydrogen (secondary N) is 1. The molecule has 1 aromatic rings. The Morgan fingerprint density at radius 1 is 1.42 bits per heavy atom. The van der Waals surface area contributed by atoms with Crippen LogP contribution in [0.3, 0.4) is 0 Å². The van der Waals surface area contributed by atoms with Crippen molar-refractivity contribution in [2.24, 2.45) is 0 Å². The van der Waals surface area contributed by atoms with Gasteiger partial charge in [-0.1, -0.05) is 0 Å². The molecule has 0 aliphatic carbocycles. The molecule has 0 unspecified atom stereocenters. The third-order valence-corrected chi connectivity index (χ3v) is 6.90. The van der Waals surface area contributed by atoms with E-state index in [1.807, 2.05) is 0 Å². The quantitative estimate of drug-likeness (QED) is 0.885. The lowest BCUT2D eigenvalue weighted by Crippen LogP contribution is -2.37. The molecule has 0 saturated carbocycles. The number of carboxylic acids is 1. The normalized spacial score (nSPS) is 17.5. The Morgan fingerprint density at radius 3 is 2.63 bits per heavy atom. The number of aromatic carboxylic acids is 1. The average Bonchev–Trinajstić information content (AvgIpc) is 2.73. The molecule has 0 bridgehead atoms. The Hall–Kier alpha value is -0.570. The Morgan fingerprint density at radius 2 is 2.05 bits per heavy atom. The number of carboxylic acid groups (broad SMARTS) is 1. The summed E-state index contributed by atoms with van der Waals surface area (Å²) >= 11 is 2.76. The van der Waals surface area contributed by atoms with Crippen molar-refractivity contribution in [2.45, 2.75) is 30.7 Å². The maximum atomic E-state index is 12.3. The first kappa shape index (κ1) is 14.8. The lowest BCUT2D eigenvalue weighted by atomic mass is 10.2. The molecular weight excluding hydrogens is 306 g/mol. The van der Waals surface area contributed by atoms with Gasteiger partial charge in [-0.05, 0) is 42.2 Å². The van der Waals surface area contributed by atoms with Crippen LogP contribution in [-0.4, -0.2) is 37.0 Å². The summed E-state index contributed by atoms with van der Waals surface area (Å²) in [6, 6.07) is -0.0906. The van der Waals surface area contributed by atoms with E-state index >= 15 is 0 Å². The van der Waals surface area contributed by atoms with Crippen LogP contribution in [-0.2, 0) is 10.0 Å². The molecule has 1 aliphatic rings. The fourth-order valence-corrected chi connectivity index (χ4v) is 6.05. The first-order chi connectivity index (χ1) is 8.92. The zero-order valence-corrected chi connectivity index (χ0v) is 12.8. The third kappa shape index (κ3) is 3.31. The summed E-state index contributed by atoms with van der Waals surface area (Å²) in [6.07, 6.45) is 1.57. The van der Waals surface area contributed by atoms with Crippen molar-refractivity contribution in [3.8, 4) is 0 Å². The van der Waals surface area contributed by atoms with Gasteiger partial charge in [-0.15, -0.1) is 11.3 Å². The smallest absolute Gasteiger partial charge is 0.347 e. The monoisotopic (exact) mass is 321 g/mol. The van der Waals surface area contributed by atoms with Crippen molar-refractivity contribution in [2.75, 3.05) is 11.5 Å². The van der Waals surface area contributed by atoms with Gasteiger partial charge in [0.2, 0.25) is 10.0 Å². The molecule has 5 nitrogen and oxygen atoms in total. The number of thioether (sulfide) groups is 1. The molecule has 0 atom stereocenters. The molecule has 0 radical (unpaired) electrons. The largest absolute Gasteiger partial charge is 0.477 e. The van der Waals surface area contributed by atoms with Crippen LogP contribution in [0.2, 0.25) is 0 Å². The van der Waals surface area contributed by atoms with Gasteiger partial charge in [0, 0.05) is 6.04 Å². The van der Waals surface area contributed by atoms with Crippen LogP contribution in [0.25, 0.3) is 0 Å². The summed E-state index contributed by atoms with van der Waals surface area (Å²) in [6.45, 7) is 1.62. The van der Waals surface area contributed by atoms with Crippen LogP contribution >= 0.6 is 23.1 Å². The van der Waals surface area contributed by atoms with Crippen molar-refractivity contribution in [1.82, 2.24) is 4.72 Å². The van der Waals surface area contributed by atoms with E-state index in [2.05, 4.69) is 4.72 Å². The van der Waals surface area contributed by atoms with E-state index in [1.165, 1.54) is 0 Å². The average molecular weight is 321 g/mol. The van der Waals surface area contributed by atoms with Gasteiger partial charge in [0.1, 0.15) is 9.77 Å². The van der Waals surface area contributed by atoms with Gasteiger partial charge in [-0.2, -0.15) is 11.8 Å². The second-order valence-corrected chi connectivity index (χ2v) is 8.15. The molecular formula is C11H15NO4S3. The van der Waals surface area contributed by atoms with Crippen molar-refractivity contribution < 1.29 is 18.3 Å². The minimum atomic E-state index is -3.75. The highest BCUT2D eigenvalue weighted by atomic mass is 32.2. The Labute approximate surface area is 120 Å². The van der Waals surface area contributed by atoms with Crippen molar-refractivity contribution in [3.63, 3.8) is 0 Å². The van der Waals surface area contributed by atoms with Crippen LogP contribution in [0.4, 0.5) is 0 Å². The lowest BCUT2D eigenvalue weighted by Gasteiger charge is -2.22. The summed E-state index contributed by atoms with van der Waals surface area (Å²) in [5.41, 5.74) is 0.486. The maximum Gasteiger partial charge on any atom is 0.347 e. The fourth-order valence-electron chi connectivity index (χ4n) is 2.01. The second kappa shape index (κ2) is 5.82. The molecule has 0 amide bonds. The molecule has 1 aliphatic heterocycles. The minimum absolute atomic E-state index is 0.0803. The predicted molar refractivity (Wildman–Crippen MR) is 76.7 cm³/mol. The Balaban J connectivity index is 2.28. The standard InChI is InChI=1S/C11H15NO4S3/c1-7-6-18-9(11(13)14)10(7)19(15,16)12-8-2-4-17-5-3-8/h6,8,12H,2-5H2,1H3,(H,13,14). The summed E-state index contributed by atoms with van der Waals surface area (Å²) in [5, 5.41) is 10.6. The molecule has 8 heteroatoms. The first-order valence-corrected chi connectivity index (χ1v) is 9.35. The molecule has 106 valence electrons. The van der Waals surface area contributed by atoms with Gasteiger partial charge < -0.3 is 5.11 Å². The predicted octanol–water partition coefficient (Wildman–Crippen LogP) is 1.93. The zero-order valence-electron chi connectivity index (χ0n) is 10.4. The van der Waals surface area contributed by atoms with Gasteiger partial charge >= 0.3 is 5.97 Å². The SMILES string of the molecule is Cc1csc(C(=O)O)c1S(=O)(=O)NC1CCSCC1. The molecule has 19 heavy (non-hydrogen) atoms. The molecule has 2 N–H and O–H groups in total. The molecule has 2 heterocycles. The molecule has 1 aromatic heterocycles. The number of sulfonamides is 1. The molecule has 0 aromatic carbocycles.